The van der Waals surface area contributed by atoms with Crippen LogP contribution in [0.5, 0.6) is 0 Å². The van der Waals surface area contributed by atoms with E-state index in [0.717, 1.165) is 0 Å². The summed E-state index contributed by atoms with van der Waals surface area (Å²) in [5.74, 6) is 0. The minimum Gasteiger partial charge on any atom is 0 e. The Morgan fingerprint density at radius 1 is 1.29 bits per heavy atom. The van der Waals surface area contributed by atoms with Crippen LogP contribution in [-0.4, -0.2) is 53.0 Å². The van der Waals surface area contributed by atoms with Crippen molar-refractivity contribution in [2.45, 2.75) is 0 Å². The van der Waals surface area contributed by atoms with Gasteiger partial charge in [-0.2, -0.15) is 0 Å². The second-order valence-corrected chi connectivity index (χ2v) is 0.848. The summed E-state index contributed by atoms with van der Waals surface area (Å²) in [5, 5.41) is 0. The van der Waals surface area contributed by atoms with Gasteiger partial charge in [-0.25, -0.2) is 0 Å². The molecule has 0 aliphatic rings. The molecule has 0 unspecified atom stereocenters. The zero-order valence-electron chi connectivity index (χ0n) is 2.66. The van der Waals surface area contributed by atoms with E-state index in [1.54, 1.807) is 0 Å². The van der Waals surface area contributed by atoms with Crippen molar-refractivity contribution in [2.24, 2.45) is 0 Å². The molecule has 0 amide bonds. The Morgan fingerprint density at radius 2 is 1.29 bits per heavy atom. The van der Waals surface area contributed by atoms with Crippen molar-refractivity contribution in [3.8, 4) is 0 Å². The normalized spacial score (nSPS) is 5.00. The molecule has 0 saturated carbocycles. The fourth-order valence-corrected chi connectivity index (χ4v) is 0. The van der Waals surface area contributed by atoms with Crippen LogP contribution in [0.25, 0.3) is 0 Å². The third-order valence-electron chi connectivity index (χ3n) is 0. The molecule has 4 N–H and O–H groups in total. The molecule has 0 aliphatic heterocycles. The van der Waals surface area contributed by atoms with Gasteiger partial charge in [0.25, 0.3) is 0 Å². The molecule has 0 aromatic heterocycles. The molecular formula is H7CaFeO4P. The van der Waals surface area contributed by atoms with E-state index >= 15 is 0 Å². The van der Waals surface area contributed by atoms with E-state index in [1.807, 2.05) is 0 Å². The zero-order chi connectivity index (χ0) is 3.58. The molecule has 0 rings (SSSR count). The van der Waals surface area contributed by atoms with E-state index in [0.29, 0.717) is 0 Å². The molecule has 4 nitrogen and oxygen atoms in total. The minimum absolute atomic E-state index is 0. The van der Waals surface area contributed by atoms with E-state index in [1.165, 1.54) is 0 Å². The SMILES string of the molecule is O.O=[PH](O)O.[CaH2].[Fe]. The molecule has 0 bridgehead atoms. The Kier molecular flexibility index (Phi) is 51.8. The van der Waals surface area contributed by atoms with Crippen molar-refractivity contribution < 1.29 is 36.9 Å². The largest absolute Gasteiger partial charge is 0 e. The first-order chi connectivity index (χ1) is 1.73. The molecule has 0 atom stereocenters. The van der Waals surface area contributed by atoms with Gasteiger partial charge in [0.2, 0.25) is 0 Å². The Bertz CT molecular complexity index is 34.7. The van der Waals surface area contributed by atoms with E-state index in [4.69, 9.17) is 14.4 Å². The van der Waals surface area contributed by atoms with Crippen LogP contribution >= 0.6 is 8.25 Å². The van der Waals surface area contributed by atoms with Crippen LogP contribution in [-0.2, 0) is 21.6 Å². The Labute approximate surface area is 82.0 Å². The number of rotatable bonds is 0. The smallest absolute Gasteiger partial charge is 0 e. The zero-order valence-corrected chi connectivity index (χ0v) is 4.76. The van der Waals surface area contributed by atoms with Crippen LogP contribution in [0, 0.1) is 0 Å². The summed E-state index contributed by atoms with van der Waals surface area (Å²) in [5.41, 5.74) is 0. The molecule has 0 heterocycles. The van der Waals surface area contributed by atoms with Gasteiger partial charge in [-0.05, 0) is 0 Å². The molecule has 0 radical (unpaired) electrons. The predicted molar refractivity (Wildman–Crippen MR) is 25.6 cm³/mol. The van der Waals surface area contributed by atoms with E-state index < -0.39 is 8.25 Å². The van der Waals surface area contributed by atoms with Crippen LogP contribution in [0.3, 0.4) is 0 Å². The molecule has 0 aromatic carbocycles. The Morgan fingerprint density at radius 3 is 1.29 bits per heavy atom. The second-order valence-electron chi connectivity index (χ2n) is 0.283. The maximum Gasteiger partial charge on any atom is 0 e. The van der Waals surface area contributed by atoms with Crippen LogP contribution < -0.4 is 0 Å². The van der Waals surface area contributed by atoms with E-state index in [9.17, 15) is 0 Å². The van der Waals surface area contributed by atoms with E-state index in [2.05, 4.69) is 0 Å². The summed E-state index contributed by atoms with van der Waals surface area (Å²) < 4.78 is 8.74. The van der Waals surface area contributed by atoms with Gasteiger partial charge in [-0.15, -0.1) is 0 Å². The fourth-order valence-electron chi connectivity index (χ4n) is 0. The van der Waals surface area contributed by atoms with Crippen LogP contribution in [0.2, 0.25) is 0 Å². The van der Waals surface area contributed by atoms with Crippen molar-refractivity contribution in [2.75, 3.05) is 0 Å². The number of hydrogen-bond acceptors (Lipinski definition) is 1. The van der Waals surface area contributed by atoms with Gasteiger partial charge in [0.1, 0.15) is 0 Å². The van der Waals surface area contributed by atoms with Crippen LogP contribution in [0.1, 0.15) is 0 Å². The standard InChI is InChI=1S/Ca.Fe.H3O3P.H2O.2H/c;;1-4(2)3;;;/h;;4H,(H2,1,2,3);1H2;;. The molecule has 0 aromatic rings. The monoisotopic (exact) mass is 198 g/mol. The van der Waals surface area contributed by atoms with Gasteiger partial charge < -0.3 is 15.3 Å². The van der Waals surface area contributed by atoms with Crippen molar-refractivity contribution in [3.63, 3.8) is 0 Å². The maximum atomic E-state index is 8.74. The Hall–Kier alpha value is 1.89. The van der Waals surface area contributed by atoms with Crippen molar-refractivity contribution in [1.29, 1.82) is 0 Å². The van der Waals surface area contributed by atoms with Crippen LogP contribution in [0.4, 0.5) is 0 Å². The van der Waals surface area contributed by atoms with Crippen molar-refractivity contribution >= 4 is 46.0 Å². The predicted octanol–water partition coefficient (Wildman–Crippen LogP) is -2.38. The molecular weight excluding hydrogens is 191 g/mol. The number of hydrogen-bond donors (Lipinski definition) is 2. The van der Waals surface area contributed by atoms with Gasteiger partial charge in [-0.3, -0.25) is 4.57 Å². The summed E-state index contributed by atoms with van der Waals surface area (Å²) in [6, 6.07) is 0. The molecule has 0 saturated heterocycles. The third-order valence-corrected chi connectivity index (χ3v) is 0. The average molecular weight is 198 g/mol. The molecule has 46 valence electrons. The van der Waals surface area contributed by atoms with Crippen LogP contribution in [0.15, 0.2) is 0 Å². The average Bonchev–Trinajstić information content (AvgIpc) is 0.811. The van der Waals surface area contributed by atoms with Gasteiger partial charge in [0, 0.05) is 17.1 Å². The summed E-state index contributed by atoms with van der Waals surface area (Å²) >= 11 is 0. The van der Waals surface area contributed by atoms with Gasteiger partial charge in [0.15, 0.2) is 0 Å². The minimum atomic E-state index is -3.13. The summed E-state index contributed by atoms with van der Waals surface area (Å²) in [4.78, 5) is 14.3. The van der Waals surface area contributed by atoms with Gasteiger partial charge >= 0.3 is 46.0 Å². The van der Waals surface area contributed by atoms with Crippen molar-refractivity contribution in [3.05, 3.63) is 0 Å². The molecule has 0 aliphatic carbocycles. The topological polar surface area (TPSA) is 89.0 Å². The maximum absolute atomic E-state index is 8.74. The quantitative estimate of drug-likeness (QED) is 0.336. The first-order valence-electron chi connectivity index (χ1n) is 0.651. The Balaban J connectivity index is -0.0000000150. The second kappa shape index (κ2) is 15.7. The molecule has 0 spiro atoms. The first kappa shape index (κ1) is 23.1. The molecule has 7 heavy (non-hydrogen) atoms. The molecule has 0 fully saturated rings. The van der Waals surface area contributed by atoms with Gasteiger partial charge in [0.05, 0.1) is 0 Å². The van der Waals surface area contributed by atoms with Crippen molar-refractivity contribution in [1.82, 2.24) is 0 Å². The summed E-state index contributed by atoms with van der Waals surface area (Å²) in [6.45, 7) is 0. The summed E-state index contributed by atoms with van der Waals surface area (Å²) in [7, 11) is -3.13. The fraction of sp³-hybridized carbons (Fsp3) is 0. The first-order valence-corrected chi connectivity index (χ1v) is 1.95. The summed E-state index contributed by atoms with van der Waals surface area (Å²) in [6.07, 6.45) is 0. The van der Waals surface area contributed by atoms with Gasteiger partial charge in [-0.1, -0.05) is 0 Å². The third kappa shape index (κ3) is 76.7. The molecule has 7 heteroatoms. The van der Waals surface area contributed by atoms with E-state index in [-0.39, 0.29) is 60.3 Å².